The van der Waals surface area contributed by atoms with E-state index in [2.05, 4.69) is 5.43 Å². The lowest BCUT2D eigenvalue weighted by Crippen LogP contribution is -2.53. The first-order chi connectivity index (χ1) is 5.08. The number of rotatable bonds is 5. The van der Waals surface area contributed by atoms with Crippen molar-refractivity contribution in [2.45, 2.75) is 25.5 Å². The normalized spacial score (nSPS) is 15.0. The van der Waals surface area contributed by atoms with Gasteiger partial charge in [-0.2, -0.15) is 0 Å². The second kappa shape index (κ2) is 4.66. The van der Waals surface area contributed by atoms with Gasteiger partial charge in [-0.25, -0.2) is 0 Å². The average Bonchev–Trinajstić information content (AvgIpc) is 2.00. The van der Waals surface area contributed by atoms with E-state index in [0.29, 0.717) is 6.61 Å². The fourth-order valence-corrected chi connectivity index (χ4v) is 0.758. The lowest BCUT2D eigenvalue weighted by Gasteiger charge is -2.31. The molecule has 1 unspecified atom stereocenters. The van der Waals surface area contributed by atoms with E-state index in [1.807, 2.05) is 13.8 Å². The quantitative estimate of drug-likeness (QED) is 0.437. The molecule has 0 aromatic heterocycles. The summed E-state index contributed by atoms with van der Waals surface area (Å²) in [5, 5.41) is 0. The van der Waals surface area contributed by atoms with Crippen molar-refractivity contribution >= 4 is 0 Å². The molecule has 0 rings (SSSR count). The van der Waals surface area contributed by atoms with Crippen LogP contribution >= 0.6 is 0 Å². The van der Waals surface area contributed by atoms with Crippen LogP contribution in [0.2, 0.25) is 0 Å². The molecule has 0 saturated carbocycles. The molecule has 0 heterocycles. The number of nitrogens with one attached hydrogen (secondary N) is 1. The number of ether oxygens (including phenoxy) is 2. The highest BCUT2D eigenvalue weighted by atomic mass is 16.5. The summed E-state index contributed by atoms with van der Waals surface area (Å²) >= 11 is 0. The maximum Gasteiger partial charge on any atom is 0.0810 e. The molecule has 0 aromatic carbocycles. The minimum atomic E-state index is -0.301. The molecule has 3 N–H and O–H groups in total. The molecular formula is C7H18N2O2. The fraction of sp³-hybridized carbons (Fsp3) is 1.00. The van der Waals surface area contributed by atoms with Gasteiger partial charge in [0.2, 0.25) is 0 Å². The van der Waals surface area contributed by atoms with E-state index in [1.54, 1.807) is 14.2 Å². The molecule has 0 aliphatic carbocycles. The zero-order chi connectivity index (χ0) is 8.91. The van der Waals surface area contributed by atoms with Gasteiger partial charge in [-0.05, 0) is 13.8 Å². The zero-order valence-corrected chi connectivity index (χ0v) is 7.68. The summed E-state index contributed by atoms with van der Waals surface area (Å²) < 4.78 is 10.2. The van der Waals surface area contributed by atoms with Crippen LogP contribution in [0.25, 0.3) is 0 Å². The zero-order valence-electron chi connectivity index (χ0n) is 7.68. The van der Waals surface area contributed by atoms with Crippen LogP contribution in [0.3, 0.4) is 0 Å². The average molecular weight is 162 g/mol. The summed E-state index contributed by atoms with van der Waals surface area (Å²) in [4.78, 5) is 0. The number of hydrogen-bond donors (Lipinski definition) is 2. The van der Waals surface area contributed by atoms with Gasteiger partial charge in [-0.15, -0.1) is 0 Å². The van der Waals surface area contributed by atoms with E-state index >= 15 is 0 Å². The molecule has 0 spiro atoms. The van der Waals surface area contributed by atoms with Gasteiger partial charge in [0.1, 0.15) is 0 Å². The Morgan fingerprint density at radius 3 is 2.27 bits per heavy atom. The first kappa shape index (κ1) is 10.8. The molecule has 4 heteroatoms. The SMILES string of the molecule is COCC(NN)C(C)(C)OC. The van der Waals surface area contributed by atoms with Crippen molar-refractivity contribution in [1.29, 1.82) is 0 Å². The third-order valence-corrected chi connectivity index (χ3v) is 1.90. The van der Waals surface area contributed by atoms with Crippen molar-refractivity contribution in [2.24, 2.45) is 5.84 Å². The van der Waals surface area contributed by atoms with Gasteiger partial charge >= 0.3 is 0 Å². The van der Waals surface area contributed by atoms with Crippen LogP contribution in [0.5, 0.6) is 0 Å². The van der Waals surface area contributed by atoms with E-state index in [0.717, 1.165) is 0 Å². The van der Waals surface area contributed by atoms with Crippen molar-refractivity contribution in [1.82, 2.24) is 5.43 Å². The summed E-state index contributed by atoms with van der Waals surface area (Å²) in [5.41, 5.74) is 2.34. The molecule has 4 nitrogen and oxygen atoms in total. The van der Waals surface area contributed by atoms with E-state index < -0.39 is 0 Å². The Labute approximate surface area is 68.0 Å². The summed E-state index contributed by atoms with van der Waals surface area (Å²) in [6.45, 7) is 4.45. The van der Waals surface area contributed by atoms with Crippen molar-refractivity contribution in [3.8, 4) is 0 Å². The van der Waals surface area contributed by atoms with Crippen LogP contribution < -0.4 is 11.3 Å². The van der Waals surface area contributed by atoms with Gasteiger partial charge in [0, 0.05) is 14.2 Å². The molecule has 68 valence electrons. The molecule has 0 bridgehead atoms. The third-order valence-electron chi connectivity index (χ3n) is 1.90. The minimum absolute atomic E-state index is 0.0116. The topological polar surface area (TPSA) is 56.5 Å². The van der Waals surface area contributed by atoms with Crippen molar-refractivity contribution in [2.75, 3.05) is 20.8 Å². The van der Waals surface area contributed by atoms with Gasteiger partial charge in [0.05, 0.1) is 18.2 Å². The minimum Gasteiger partial charge on any atom is -0.383 e. The molecule has 11 heavy (non-hydrogen) atoms. The van der Waals surface area contributed by atoms with Crippen molar-refractivity contribution < 1.29 is 9.47 Å². The van der Waals surface area contributed by atoms with Crippen LogP contribution in [0.4, 0.5) is 0 Å². The number of hydrazine groups is 1. The Bertz CT molecular complexity index is 107. The van der Waals surface area contributed by atoms with E-state index in [-0.39, 0.29) is 11.6 Å². The predicted octanol–water partition coefficient (Wildman–Crippen LogP) is -0.110. The van der Waals surface area contributed by atoms with Crippen LogP contribution in [0, 0.1) is 0 Å². The third kappa shape index (κ3) is 3.16. The van der Waals surface area contributed by atoms with Gasteiger partial charge in [0.15, 0.2) is 0 Å². The molecule has 0 aliphatic rings. The highest BCUT2D eigenvalue weighted by molar-refractivity contribution is 4.83. The van der Waals surface area contributed by atoms with E-state index in [4.69, 9.17) is 15.3 Å². The van der Waals surface area contributed by atoms with Crippen LogP contribution in [-0.2, 0) is 9.47 Å². The number of hydrogen-bond acceptors (Lipinski definition) is 4. The highest BCUT2D eigenvalue weighted by Gasteiger charge is 2.27. The second-order valence-electron chi connectivity index (χ2n) is 2.98. The monoisotopic (exact) mass is 162 g/mol. The number of methoxy groups -OCH3 is 2. The Kier molecular flexibility index (Phi) is 4.60. The van der Waals surface area contributed by atoms with Crippen LogP contribution in [0.1, 0.15) is 13.8 Å². The van der Waals surface area contributed by atoms with E-state index in [9.17, 15) is 0 Å². The summed E-state index contributed by atoms with van der Waals surface area (Å²) in [7, 11) is 3.29. The standard InChI is InChI=1S/C7H18N2O2/c1-7(2,11-4)6(9-8)5-10-3/h6,9H,5,8H2,1-4H3. The second-order valence-corrected chi connectivity index (χ2v) is 2.98. The number of nitrogens with two attached hydrogens (primary N) is 1. The van der Waals surface area contributed by atoms with Gasteiger partial charge < -0.3 is 9.47 Å². The molecular weight excluding hydrogens is 144 g/mol. The van der Waals surface area contributed by atoms with Crippen molar-refractivity contribution in [3.63, 3.8) is 0 Å². The smallest absolute Gasteiger partial charge is 0.0810 e. The summed E-state index contributed by atoms with van der Waals surface area (Å²) in [5.74, 6) is 5.31. The highest BCUT2D eigenvalue weighted by Crippen LogP contribution is 2.12. The van der Waals surface area contributed by atoms with Crippen LogP contribution in [-0.4, -0.2) is 32.5 Å². The van der Waals surface area contributed by atoms with Gasteiger partial charge in [0.25, 0.3) is 0 Å². The molecule has 0 amide bonds. The molecule has 0 aromatic rings. The molecule has 0 radical (unpaired) electrons. The van der Waals surface area contributed by atoms with Gasteiger partial charge in [-0.1, -0.05) is 0 Å². The van der Waals surface area contributed by atoms with E-state index in [1.165, 1.54) is 0 Å². The molecule has 1 atom stereocenters. The Morgan fingerprint density at radius 1 is 1.45 bits per heavy atom. The first-order valence-corrected chi connectivity index (χ1v) is 3.58. The molecule has 0 aliphatic heterocycles. The lowest BCUT2D eigenvalue weighted by molar-refractivity contribution is -0.0320. The molecule has 0 saturated heterocycles. The fourth-order valence-electron chi connectivity index (χ4n) is 0.758. The summed E-state index contributed by atoms with van der Waals surface area (Å²) in [6.07, 6.45) is 0. The predicted molar refractivity (Wildman–Crippen MR) is 44.1 cm³/mol. The Balaban J connectivity index is 3.99. The van der Waals surface area contributed by atoms with Gasteiger partial charge in [-0.3, -0.25) is 11.3 Å². The lowest BCUT2D eigenvalue weighted by atomic mass is 10.0. The Hall–Kier alpha value is -0.160. The van der Waals surface area contributed by atoms with Crippen LogP contribution in [0.15, 0.2) is 0 Å². The summed E-state index contributed by atoms with van der Waals surface area (Å²) in [6, 6.07) is 0.0116. The maximum atomic E-state index is 5.31. The van der Waals surface area contributed by atoms with Crippen molar-refractivity contribution in [3.05, 3.63) is 0 Å². The largest absolute Gasteiger partial charge is 0.383 e. The molecule has 0 fully saturated rings. The maximum absolute atomic E-state index is 5.31. The Morgan fingerprint density at radius 2 is 2.00 bits per heavy atom. The first-order valence-electron chi connectivity index (χ1n) is 3.58.